The molecule has 6 heteroatoms. The highest BCUT2D eigenvalue weighted by Crippen LogP contribution is 2.46. The summed E-state index contributed by atoms with van der Waals surface area (Å²) >= 11 is 0. The van der Waals surface area contributed by atoms with E-state index < -0.39 is 6.43 Å². The van der Waals surface area contributed by atoms with Gasteiger partial charge in [0.2, 0.25) is 5.91 Å². The molecule has 0 N–H and O–H groups in total. The molecule has 1 aromatic heterocycles. The lowest BCUT2D eigenvalue weighted by Crippen LogP contribution is -2.34. The second-order valence-electron chi connectivity index (χ2n) is 8.36. The number of alkyl halides is 2. The monoisotopic (exact) mass is 409 g/mol. The molecule has 1 saturated carbocycles. The normalized spacial score (nSPS) is 16.4. The van der Waals surface area contributed by atoms with E-state index in [2.05, 4.69) is 0 Å². The maximum Gasteiger partial charge on any atom is 0.264 e. The highest BCUT2D eigenvalue weighted by atomic mass is 19.3. The number of hydrogen-bond acceptors (Lipinski definition) is 2. The first-order valence-corrected chi connectivity index (χ1v) is 10.7. The van der Waals surface area contributed by atoms with Gasteiger partial charge in [-0.2, -0.15) is 5.10 Å². The number of nitrogens with zero attached hydrogens (tertiary/aromatic N) is 3. The third kappa shape index (κ3) is 3.09. The Labute approximate surface area is 174 Å². The van der Waals surface area contributed by atoms with Crippen LogP contribution in [0.1, 0.15) is 61.4 Å². The molecule has 1 amide bonds. The molecule has 2 heterocycles. The van der Waals surface area contributed by atoms with Gasteiger partial charge in [-0.05, 0) is 48.1 Å². The summed E-state index contributed by atoms with van der Waals surface area (Å²) in [6.45, 7) is 5.57. The van der Waals surface area contributed by atoms with Crippen molar-refractivity contribution in [3.05, 3.63) is 52.7 Å². The van der Waals surface area contributed by atoms with Gasteiger partial charge in [-0.1, -0.05) is 24.3 Å². The average Bonchev–Trinajstić information content (AvgIpc) is 3.52. The molecule has 2 aromatic carbocycles. The topological polar surface area (TPSA) is 38.1 Å². The zero-order chi connectivity index (χ0) is 21.0. The molecule has 0 spiro atoms. The lowest BCUT2D eigenvalue weighted by Gasteiger charge is -2.27. The van der Waals surface area contributed by atoms with Gasteiger partial charge in [0.15, 0.2) is 0 Å². The van der Waals surface area contributed by atoms with Crippen LogP contribution in [0.2, 0.25) is 0 Å². The zero-order valence-corrected chi connectivity index (χ0v) is 17.3. The van der Waals surface area contributed by atoms with Crippen molar-refractivity contribution < 1.29 is 13.6 Å². The fourth-order valence-electron chi connectivity index (χ4n) is 4.74. The summed E-state index contributed by atoms with van der Waals surface area (Å²) in [7, 11) is 0. The molecule has 1 fully saturated rings. The van der Waals surface area contributed by atoms with Crippen LogP contribution in [0.25, 0.3) is 22.0 Å². The number of aromatic nitrogens is 2. The number of carbonyl (C=O) groups excluding carboxylic acids is 1. The van der Waals surface area contributed by atoms with Gasteiger partial charge in [0.25, 0.3) is 6.43 Å². The lowest BCUT2D eigenvalue weighted by molar-refractivity contribution is -0.129. The van der Waals surface area contributed by atoms with Crippen molar-refractivity contribution >= 4 is 16.7 Å². The van der Waals surface area contributed by atoms with Crippen LogP contribution >= 0.6 is 0 Å². The van der Waals surface area contributed by atoms with Crippen LogP contribution in [-0.4, -0.2) is 27.1 Å². The van der Waals surface area contributed by atoms with Gasteiger partial charge < -0.3 is 4.90 Å². The molecule has 0 atom stereocenters. The summed E-state index contributed by atoms with van der Waals surface area (Å²) in [6.07, 6.45) is 0.239. The Kier molecular flexibility index (Phi) is 4.60. The van der Waals surface area contributed by atoms with Crippen molar-refractivity contribution in [3.8, 4) is 11.3 Å². The first-order valence-electron chi connectivity index (χ1n) is 10.7. The van der Waals surface area contributed by atoms with E-state index in [9.17, 15) is 13.6 Å². The van der Waals surface area contributed by atoms with Gasteiger partial charge in [0.05, 0.1) is 5.69 Å². The number of aryl methyl sites for hydroxylation is 1. The van der Waals surface area contributed by atoms with E-state index in [1.165, 1.54) is 0 Å². The fraction of sp³-hybridized carbons (Fsp3) is 0.417. The molecular weight excluding hydrogens is 384 g/mol. The highest BCUT2D eigenvalue weighted by Gasteiger charge is 2.30. The number of amides is 1. The number of carbonyl (C=O) groups is 1. The van der Waals surface area contributed by atoms with Crippen LogP contribution in [0.15, 0.2) is 30.3 Å². The Morgan fingerprint density at radius 3 is 2.73 bits per heavy atom. The summed E-state index contributed by atoms with van der Waals surface area (Å²) in [6, 6.07) is 9.54. The summed E-state index contributed by atoms with van der Waals surface area (Å²) in [4.78, 5) is 13.8. The molecule has 4 nitrogen and oxygen atoms in total. The predicted molar refractivity (Wildman–Crippen MR) is 113 cm³/mol. The zero-order valence-electron chi connectivity index (χ0n) is 17.3. The van der Waals surface area contributed by atoms with Crippen molar-refractivity contribution in [2.24, 2.45) is 0 Å². The number of fused-ring (bicyclic) bond motifs is 2. The number of halogens is 2. The number of hydrogen-bond donors (Lipinski definition) is 0. The van der Waals surface area contributed by atoms with Crippen molar-refractivity contribution in [2.75, 3.05) is 6.54 Å². The van der Waals surface area contributed by atoms with Gasteiger partial charge in [-0.25, -0.2) is 8.78 Å². The van der Waals surface area contributed by atoms with Gasteiger partial charge in [-0.3, -0.25) is 9.48 Å². The van der Waals surface area contributed by atoms with E-state index in [0.717, 1.165) is 64.7 Å². The van der Waals surface area contributed by atoms with E-state index in [1.54, 1.807) is 13.0 Å². The summed E-state index contributed by atoms with van der Waals surface area (Å²) in [5.74, 6) is 0.307. The molecule has 3 aromatic rings. The summed E-state index contributed by atoms with van der Waals surface area (Å²) in [5, 5.41) is 6.64. The smallest absolute Gasteiger partial charge is 0.264 e. The molecule has 0 bridgehead atoms. The van der Waals surface area contributed by atoms with Crippen LogP contribution < -0.4 is 0 Å². The van der Waals surface area contributed by atoms with Crippen molar-refractivity contribution in [2.45, 2.75) is 58.5 Å². The van der Waals surface area contributed by atoms with Crippen LogP contribution in [0.3, 0.4) is 0 Å². The van der Waals surface area contributed by atoms with E-state index in [4.69, 9.17) is 5.10 Å². The second-order valence-corrected chi connectivity index (χ2v) is 8.36. The molecule has 30 heavy (non-hydrogen) atoms. The predicted octanol–water partition coefficient (Wildman–Crippen LogP) is 5.44. The molecular formula is C24H25F2N3O. The Bertz CT molecular complexity index is 1150. The van der Waals surface area contributed by atoms with E-state index in [-0.39, 0.29) is 17.4 Å². The molecule has 5 rings (SSSR count). The van der Waals surface area contributed by atoms with Gasteiger partial charge in [0.1, 0.15) is 0 Å². The van der Waals surface area contributed by atoms with Crippen LogP contribution in [0, 0.1) is 0 Å². The Morgan fingerprint density at radius 1 is 1.27 bits per heavy atom. The largest absolute Gasteiger partial charge is 0.338 e. The molecule has 0 radical (unpaired) electrons. The summed E-state index contributed by atoms with van der Waals surface area (Å²) < 4.78 is 29.8. The number of rotatable bonds is 4. The third-order valence-corrected chi connectivity index (χ3v) is 6.47. The maximum absolute atomic E-state index is 13.9. The van der Waals surface area contributed by atoms with Crippen LogP contribution in [-0.2, 0) is 24.3 Å². The SMILES string of the molecule is CCn1nc(-c2cccc3cc(C4CC4)c(C(F)F)cc23)c2c1CCN(C(C)=O)C2. The third-order valence-electron chi connectivity index (χ3n) is 6.47. The van der Waals surface area contributed by atoms with Gasteiger partial charge in [0, 0.05) is 55.4 Å². The quantitative estimate of drug-likeness (QED) is 0.575. The first-order chi connectivity index (χ1) is 14.5. The maximum atomic E-state index is 13.9. The minimum Gasteiger partial charge on any atom is -0.338 e. The van der Waals surface area contributed by atoms with Crippen molar-refractivity contribution in [1.29, 1.82) is 0 Å². The molecule has 156 valence electrons. The van der Waals surface area contributed by atoms with Gasteiger partial charge in [-0.15, -0.1) is 0 Å². The summed E-state index contributed by atoms with van der Waals surface area (Å²) in [5.41, 5.74) is 4.79. The van der Waals surface area contributed by atoms with Crippen LogP contribution in [0.4, 0.5) is 8.78 Å². The first kappa shape index (κ1) is 19.2. The Morgan fingerprint density at radius 2 is 2.07 bits per heavy atom. The van der Waals surface area contributed by atoms with Crippen molar-refractivity contribution in [3.63, 3.8) is 0 Å². The standard InChI is InChI=1S/C24H25F2N3O/c1-3-29-22-9-10-28(14(2)30)13-21(22)23(27-29)17-6-4-5-16-11-18(15-7-8-15)20(24(25)26)12-19(16)17/h4-6,11-12,15,24H,3,7-10,13H2,1-2H3. The molecule has 2 aliphatic rings. The minimum atomic E-state index is -2.49. The van der Waals surface area contributed by atoms with Gasteiger partial charge >= 0.3 is 0 Å². The van der Waals surface area contributed by atoms with Crippen LogP contribution in [0.5, 0.6) is 0 Å². The molecule has 0 saturated heterocycles. The highest BCUT2D eigenvalue weighted by molar-refractivity contribution is 5.97. The lowest BCUT2D eigenvalue weighted by atomic mass is 9.92. The molecule has 0 unspecified atom stereocenters. The Hall–Kier alpha value is -2.76. The van der Waals surface area contributed by atoms with Crippen molar-refractivity contribution in [1.82, 2.24) is 14.7 Å². The van der Waals surface area contributed by atoms with E-state index >= 15 is 0 Å². The number of benzene rings is 2. The van der Waals surface area contributed by atoms with E-state index in [0.29, 0.717) is 13.1 Å². The second kappa shape index (κ2) is 7.18. The molecule has 1 aliphatic heterocycles. The Balaban J connectivity index is 1.71. The average molecular weight is 409 g/mol. The van der Waals surface area contributed by atoms with E-state index in [1.807, 2.05) is 40.8 Å². The molecule has 1 aliphatic carbocycles. The fourth-order valence-corrected chi connectivity index (χ4v) is 4.74. The minimum absolute atomic E-state index is 0.0443.